The van der Waals surface area contributed by atoms with Crippen LogP contribution in [0.25, 0.3) is 0 Å². The molecule has 5 N–H and O–H groups in total. The van der Waals surface area contributed by atoms with E-state index in [2.05, 4.69) is 10.2 Å². The van der Waals surface area contributed by atoms with Crippen LogP contribution in [0.3, 0.4) is 0 Å². The fraction of sp³-hybridized carbons (Fsp3) is 0.391. The minimum atomic E-state index is -4.61. The lowest BCUT2D eigenvalue weighted by Gasteiger charge is -2.34. The minimum absolute atomic E-state index is 0.0329. The second-order valence-corrected chi connectivity index (χ2v) is 8.65. The quantitative estimate of drug-likeness (QED) is 0.524. The van der Waals surface area contributed by atoms with E-state index in [0.717, 1.165) is 50.2 Å². The Hall–Kier alpha value is -2.62. The Morgan fingerprint density at radius 1 is 1.12 bits per heavy atom. The number of amides is 1. The van der Waals surface area contributed by atoms with Gasteiger partial charge in [0.2, 0.25) is 0 Å². The lowest BCUT2D eigenvalue weighted by molar-refractivity contribution is -0.137. The van der Waals surface area contributed by atoms with Crippen molar-refractivity contribution in [3.63, 3.8) is 0 Å². The lowest BCUT2D eigenvalue weighted by Crippen LogP contribution is -2.47. The van der Waals surface area contributed by atoms with Crippen LogP contribution in [0.15, 0.2) is 42.5 Å². The topological polar surface area (TPSA) is 101 Å². The molecule has 1 unspecified atom stereocenters. The van der Waals surface area contributed by atoms with E-state index in [1.165, 1.54) is 0 Å². The highest BCUT2D eigenvalue weighted by Gasteiger charge is 2.32. The maximum atomic E-state index is 12.9. The number of benzene rings is 2. The number of nitrogen functional groups attached to an aromatic ring is 1. The third-order valence-electron chi connectivity index (χ3n) is 5.88. The number of carbonyl (C=O) groups excluding carboxylic acids is 2. The van der Waals surface area contributed by atoms with Gasteiger partial charge in [-0.25, -0.2) is 0 Å². The van der Waals surface area contributed by atoms with E-state index in [1.54, 1.807) is 0 Å². The van der Waals surface area contributed by atoms with E-state index in [-0.39, 0.29) is 29.5 Å². The summed E-state index contributed by atoms with van der Waals surface area (Å²) in [5.41, 5.74) is 11.5. The summed E-state index contributed by atoms with van der Waals surface area (Å²) in [6.45, 7) is 1.96. The van der Waals surface area contributed by atoms with Crippen LogP contribution in [0.1, 0.15) is 34.3 Å². The van der Waals surface area contributed by atoms with Gasteiger partial charge in [-0.15, -0.1) is 0 Å². The fourth-order valence-corrected chi connectivity index (χ4v) is 4.02. The third kappa shape index (κ3) is 6.69. The van der Waals surface area contributed by atoms with Gasteiger partial charge in [0.25, 0.3) is 5.91 Å². The molecule has 2 aromatic rings. The van der Waals surface area contributed by atoms with E-state index >= 15 is 0 Å². The van der Waals surface area contributed by atoms with Gasteiger partial charge in [-0.2, -0.15) is 13.2 Å². The van der Waals surface area contributed by atoms with Crippen molar-refractivity contribution < 1.29 is 22.8 Å². The van der Waals surface area contributed by atoms with Gasteiger partial charge < -0.3 is 16.8 Å². The van der Waals surface area contributed by atoms with Gasteiger partial charge in [0.1, 0.15) is 0 Å². The van der Waals surface area contributed by atoms with Crippen LogP contribution >= 0.6 is 11.6 Å². The van der Waals surface area contributed by atoms with E-state index in [1.807, 2.05) is 24.3 Å². The van der Waals surface area contributed by atoms with Crippen molar-refractivity contribution in [3.8, 4) is 0 Å². The Bertz CT molecular complexity index is 990. The molecule has 0 radical (unpaired) electrons. The SMILES string of the molecule is Nc1ccc(C(F)(F)F)cc1C(=O)NCC(=O)C(N)C1CCN(Cc2ccc(Cl)cc2)CC1. The number of nitrogens with one attached hydrogen (secondary N) is 1. The summed E-state index contributed by atoms with van der Waals surface area (Å²) in [7, 11) is 0. The van der Waals surface area contributed by atoms with Crippen molar-refractivity contribution >= 4 is 29.0 Å². The van der Waals surface area contributed by atoms with Crippen molar-refractivity contribution in [1.29, 1.82) is 0 Å². The Morgan fingerprint density at radius 2 is 1.76 bits per heavy atom. The zero-order chi connectivity index (χ0) is 24.2. The minimum Gasteiger partial charge on any atom is -0.398 e. The first kappa shape index (κ1) is 25.0. The summed E-state index contributed by atoms with van der Waals surface area (Å²) >= 11 is 5.91. The summed E-state index contributed by atoms with van der Waals surface area (Å²) in [5, 5.41) is 3.03. The molecule has 1 atom stereocenters. The molecule has 1 aliphatic rings. The van der Waals surface area contributed by atoms with Crippen molar-refractivity contribution in [2.24, 2.45) is 11.7 Å². The number of Topliss-reactive ketones (excluding diaryl/α,β-unsaturated/α-hetero) is 1. The fourth-order valence-electron chi connectivity index (χ4n) is 3.89. The number of carbonyl (C=O) groups is 2. The molecule has 1 amide bonds. The van der Waals surface area contributed by atoms with Gasteiger partial charge in [0.05, 0.1) is 23.7 Å². The summed E-state index contributed by atoms with van der Waals surface area (Å²) in [5.74, 6) is -1.25. The second kappa shape index (κ2) is 10.5. The average Bonchev–Trinajstić information content (AvgIpc) is 2.78. The Kier molecular flexibility index (Phi) is 7.99. The second-order valence-electron chi connectivity index (χ2n) is 8.21. The molecular formula is C23H26ClF3N4O2. The normalized spacial score (nSPS) is 16.4. The van der Waals surface area contributed by atoms with E-state index in [9.17, 15) is 22.8 Å². The predicted molar refractivity (Wildman–Crippen MR) is 121 cm³/mol. The summed E-state index contributed by atoms with van der Waals surface area (Å²) < 4.78 is 38.7. The molecule has 1 aliphatic heterocycles. The lowest BCUT2D eigenvalue weighted by atomic mass is 9.87. The zero-order valence-electron chi connectivity index (χ0n) is 17.9. The number of hydrogen-bond acceptors (Lipinski definition) is 5. The average molecular weight is 483 g/mol. The zero-order valence-corrected chi connectivity index (χ0v) is 18.6. The predicted octanol–water partition coefficient (Wildman–Crippen LogP) is 3.48. The van der Waals surface area contributed by atoms with Crippen LogP contribution in [0.4, 0.5) is 18.9 Å². The number of rotatable bonds is 7. The van der Waals surface area contributed by atoms with Crippen molar-refractivity contribution in [1.82, 2.24) is 10.2 Å². The highest BCUT2D eigenvalue weighted by Crippen LogP contribution is 2.31. The summed E-state index contributed by atoms with van der Waals surface area (Å²) in [6, 6.07) is 9.37. The number of anilines is 1. The molecule has 1 fully saturated rings. The van der Waals surface area contributed by atoms with Gasteiger partial charge in [0, 0.05) is 17.3 Å². The van der Waals surface area contributed by atoms with E-state index in [4.69, 9.17) is 23.1 Å². The molecule has 0 aliphatic carbocycles. The first-order chi connectivity index (χ1) is 15.5. The van der Waals surface area contributed by atoms with Crippen molar-refractivity contribution in [3.05, 3.63) is 64.2 Å². The highest BCUT2D eigenvalue weighted by atomic mass is 35.5. The molecular weight excluding hydrogens is 457 g/mol. The smallest absolute Gasteiger partial charge is 0.398 e. The van der Waals surface area contributed by atoms with E-state index in [0.29, 0.717) is 11.1 Å². The molecule has 33 heavy (non-hydrogen) atoms. The largest absolute Gasteiger partial charge is 0.416 e. The first-order valence-corrected chi connectivity index (χ1v) is 10.9. The maximum absolute atomic E-state index is 12.9. The van der Waals surface area contributed by atoms with Crippen LogP contribution in [0.2, 0.25) is 5.02 Å². The molecule has 1 heterocycles. The number of nitrogens with two attached hydrogens (primary N) is 2. The van der Waals surface area contributed by atoms with Gasteiger partial charge in [-0.05, 0) is 67.7 Å². The third-order valence-corrected chi connectivity index (χ3v) is 6.13. The van der Waals surface area contributed by atoms with Crippen LogP contribution < -0.4 is 16.8 Å². The van der Waals surface area contributed by atoms with Crippen LogP contribution in [0.5, 0.6) is 0 Å². The van der Waals surface area contributed by atoms with E-state index < -0.39 is 23.7 Å². The summed E-state index contributed by atoms with van der Waals surface area (Å²) in [6.07, 6.45) is -3.15. The number of hydrogen-bond donors (Lipinski definition) is 3. The number of nitrogens with zero attached hydrogens (tertiary/aromatic N) is 1. The van der Waals surface area contributed by atoms with Gasteiger partial charge >= 0.3 is 6.18 Å². The Balaban J connectivity index is 1.49. The Labute approximate surface area is 195 Å². The molecule has 0 bridgehead atoms. The standard InChI is InChI=1S/C23H26ClF3N4O2/c24-17-4-1-14(2-5-17)13-31-9-7-15(8-10-31)21(29)20(32)12-30-22(33)18-11-16(23(25,26)27)3-6-19(18)28/h1-6,11,15,21H,7-10,12-13,28-29H2,(H,30,33). The molecule has 0 spiro atoms. The molecule has 0 aromatic heterocycles. The van der Waals surface area contributed by atoms with Gasteiger partial charge in [0.15, 0.2) is 5.78 Å². The first-order valence-electron chi connectivity index (χ1n) is 10.5. The monoisotopic (exact) mass is 482 g/mol. The molecule has 10 heteroatoms. The number of ketones is 1. The summed E-state index contributed by atoms with van der Waals surface area (Å²) in [4.78, 5) is 27.1. The molecule has 1 saturated heterocycles. The molecule has 3 rings (SSSR count). The molecule has 178 valence electrons. The van der Waals surface area contributed by atoms with Crippen LogP contribution in [0, 0.1) is 5.92 Å². The molecule has 2 aromatic carbocycles. The van der Waals surface area contributed by atoms with Gasteiger partial charge in [-0.3, -0.25) is 14.5 Å². The highest BCUT2D eigenvalue weighted by molar-refractivity contribution is 6.30. The van der Waals surface area contributed by atoms with Gasteiger partial charge in [-0.1, -0.05) is 23.7 Å². The molecule has 0 saturated carbocycles. The molecule has 6 nitrogen and oxygen atoms in total. The van der Waals surface area contributed by atoms with Crippen LogP contribution in [-0.4, -0.2) is 42.3 Å². The number of halogens is 4. The Morgan fingerprint density at radius 3 is 2.36 bits per heavy atom. The number of piperidine rings is 1. The number of alkyl halides is 3. The van der Waals surface area contributed by atoms with Crippen LogP contribution in [-0.2, 0) is 17.5 Å². The van der Waals surface area contributed by atoms with Crippen molar-refractivity contribution in [2.45, 2.75) is 31.6 Å². The maximum Gasteiger partial charge on any atom is 0.416 e. The van der Waals surface area contributed by atoms with Crippen molar-refractivity contribution in [2.75, 3.05) is 25.4 Å². The number of likely N-dealkylation sites (tertiary alicyclic amines) is 1.